The first-order chi connectivity index (χ1) is 14.0. The van der Waals surface area contributed by atoms with Crippen LogP contribution < -0.4 is 4.90 Å². The van der Waals surface area contributed by atoms with Crippen molar-refractivity contribution in [3.8, 4) is 0 Å². The molecule has 2 heterocycles. The maximum absolute atomic E-state index is 13.4. The minimum absolute atomic E-state index is 0.103. The van der Waals surface area contributed by atoms with Gasteiger partial charge in [-0.1, -0.05) is 42.5 Å². The van der Waals surface area contributed by atoms with Crippen LogP contribution in [-0.4, -0.2) is 44.8 Å². The zero-order valence-electron chi connectivity index (χ0n) is 16.2. The van der Waals surface area contributed by atoms with E-state index in [-0.39, 0.29) is 29.7 Å². The second-order valence-electron chi connectivity index (χ2n) is 7.54. The predicted molar refractivity (Wildman–Crippen MR) is 110 cm³/mol. The zero-order chi connectivity index (χ0) is 20.4. The van der Waals surface area contributed by atoms with E-state index in [2.05, 4.69) is 0 Å². The molecular weight excluding hydrogens is 388 g/mol. The SMILES string of the molecule is O=C(CN1C(=O)C[C@@H](c2ccccc2)S(=O)(=O)c2ccccc21)N1CCCCC1. The van der Waals surface area contributed by atoms with Crippen molar-refractivity contribution in [1.29, 1.82) is 0 Å². The lowest BCUT2D eigenvalue weighted by molar-refractivity contribution is -0.132. The molecule has 1 saturated heterocycles. The number of carbonyl (C=O) groups is 2. The van der Waals surface area contributed by atoms with E-state index in [1.54, 1.807) is 47.4 Å². The first-order valence-electron chi connectivity index (χ1n) is 9.94. The topological polar surface area (TPSA) is 74.8 Å². The van der Waals surface area contributed by atoms with Crippen LogP contribution in [0, 0.1) is 0 Å². The predicted octanol–water partition coefficient (Wildman–Crippen LogP) is 2.95. The van der Waals surface area contributed by atoms with Gasteiger partial charge in [-0.3, -0.25) is 9.59 Å². The molecule has 2 aromatic rings. The summed E-state index contributed by atoms with van der Waals surface area (Å²) in [5.74, 6) is -0.485. The summed E-state index contributed by atoms with van der Waals surface area (Å²) in [6.07, 6.45) is 2.84. The molecule has 0 spiro atoms. The van der Waals surface area contributed by atoms with Crippen LogP contribution in [0.4, 0.5) is 5.69 Å². The maximum atomic E-state index is 13.4. The third kappa shape index (κ3) is 3.79. The van der Waals surface area contributed by atoms with Crippen molar-refractivity contribution in [2.24, 2.45) is 0 Å². The first kappa shape index (κ1) is 19.6. The van der Waals surface area contributed by atoms with E-state index in [1.807, 2.05) is 6.07 Å². The van der Waals surface area contributed by atoms with Crippen LogP contribution >= 0.6 is 0 Å². The number of rotatable bonds is 3. The van der Waals surface area contributed by atoms with E-state index in [4.69, 9.17) is 0 Å². The summed E-state index contributed by atoms with van der Waals surface area (Å²) in [6, 6.07) is 15.3. The van der Waals surface area contributed by atoms with Gasteiger partial charge in [-0.15, -0.1) is 0 Å². The molecule has 1 atom stereocenters. The van der Waals surface area contributed by atoms with Gasteiger partial charge in [-0.05, 0) is 37.0 Å². The fourth-order valence-corrected chi connectivity index (χ4v) is 6.03. The fourth-order valence-electron chi connectivity index (χ4n) is 4.10. The maximum Gasteiger partial charge on any atom is 0.242 e. The lowest BCUT2D eigenvalue weighted by Gasteiger charge is -2.30. The van der Waals surface area contributed by atoms with E-state index < -0.39 is 15.1 Å². The summed E-state index contributed by atoms with van der Waals surface area (Å²) in [7, 11) is -3.79. The smallest absolute Gasteiger partial charge is 0.242 e. The van der Waals surface area contributed by atoms with Gasteiger partial charge in [0.25, 0.3) is 0 Å². The number of carbonyl (C=O) groups excluding carboxylic acids is 2. The van der Waals surface area contributed by atoms with Crippen LogP contribution in [0.2, 0.25) is 0 Å². The standard InChI is InChI=1S/C22H24N2O4S/c25-21-15-20(17-9-3-1-4-10-17)29(27,28)19-12-6-5-11-18(19)24(21)16-22(26)23-13-7-2-8-14-23/h1,3-6,9-12,20H,2,7-8,13-16H2/t20-/m0/s1. The Morgan fingerprint density at radius 2 is 1.59 bits per heavy atom. The van der Waals surface area contributed by atoms with Crippen molar-refractivity contribution < 1.29 is 18.0 Å². The molecule has 0 radical (unpaired) electrons. The van der Waals surface area contributed by atoms with Crippen molar-refractivity contribution >= 4 is 27.3 Å². The number of piperidine rings is 1. The molecule has 0 saturated carbocycles. The Morgan fingerprint density at radius 3 is 2.31 bits per heavy atom. The molecule has 6 nitrogen and oxygen atoms in total. The Bertz CT molecular complexity index is 1010. The molecule has 4 rings (SSSR count). The monoisotopic (exact) mass is 412 g/mol. The Kier molecular flexibility index (Phi) is 5.41. The highest BCUT2D eigenvalue weighted by atomic mass is 32.2. The zero-order valence-corrected chi connectivity index (χ0v) is 17.0. The summed E-state index contributed by atoms with van der Waals surface area (Å²) in [5, 5.41) is -0.965. The average Bonchev–Trinajstić information content (AvgIpc) is 2.83. The molecule has 2 aliphatic heterocycles. The van der Waals surface area contributed by atoms with Gasteiger partial charge >= 0.3 is 0 Å². The molecule has 0 aliphatic carbocycles. The second-order valence-corrected chi connectivity index (χ2v) is 9.64. The number of sulfone groups is 1. The van der Waals surface area contributed by atoms with Crippen molar-refractivity contribution in [1.82, 2.24) is 4.90 Å². The number of anilines is 1. The van der Waals surface area contributed by atoms with Crippen LogP contribution in [0.3, 0.4) is 0 Å². The van der Waals surface area contributed by atoms with Gasteiger partial charge in [0.2, 0.25) is 11.8 Å². The highest BCUT2D eigenvalue weighted by Gasteiger charge is 2.40. The third-order valence-electron chi connectivity index (χ3n) is 5.67. The fraction of sp³-hybridized carbons (Fsp3) is 0.364. The molecule has 7 heteroatoms. The van der Waals surface area contributed by atoms with Crippen LogP contribution in [0.15, 0.2) is 59.5 Å². The van der Waals surface area contributed by atoms with E-state index in [9.17, 15) is 18.0 Å². The van der Waals surface area contributed by atoms with Gasteiger partial charge in [0.15, 0.2) is 9.84 Å². The molecule has 2 amide bonds. The van der Waals surface area contributed by atoms with E-state index in [0.29, 0.717) is 24.3 Å². The lowest BCUT2D eigenvalue weighted by Crippen LogP contribution is -2.44. The highest BCUT2D eigenvalue weighted by molar-refractivity contribution is 7.92. The van der Waals surface area contributed by atoms with Gasteiger partial charge < -0.3 is 9.80 Å². The van der Waals surface area contributed by atoms with Crippen LogP contribution in [0.5, 0.6) is 0 Å². The summed E-state index contributed by atoms with van der Waals surface area (Å²) >= 11 is 0. The molecule has 1 fully saturated rings. The number of benzene rings is 2. The molecular formula is C22H24N2O4S. The summed E-state index contributed by atoms with van der Waals surface area (Å²) < 4.78 is 26.9. The number of nitrogens with zero attached hydrogens (tertiary/aromatic N) is 2. The Labute approximate surface area is 171 Å². The van der Waals surface area contributed by atoms with Gasteiger partial charge in [0, 0.05) is 19.5 Å². The van der Waals surface area contributed by atoms with Gasteiger partial charge in [-0.25, -0.2) is 8.42 Å². The third-order valence-corrected chi connectivity index (χ3v) is 7.82. The quantitative estimate of drug-likeness (QED) is 0.777. The second kappa shape index (κ2) is 7.99. The van der Waals surface area contributed by atoms with Crippen LogP contribution in [-0.2, 0) is 19.4 Å². The molecule has 29 heavy (non-hydrogen) atoms. The largest absolute Gasteiger partial charge is 0.341 e. The Morgan fingerprint density at radius 1 is 0.931 bits per heavy atom. The van der Waals surface area contributed by atoms with Crippen LogP contribution in [0.25, 0.3) is 0 Å². The van der Waals surface area contributed by atoms with E-state index >= 15 is 0 Å². The summed E-state index contributed by atoms with van der Waals surface area (Å²) in [5.41, 5.74) is 0.876. The van der Waals surface area contributed by atoms with Crippen molar-refractivity contribution in [2.45, 2.75) is 35.8 Å². The van der Waals surface area contributed by atoms with Gasteiger partial charge in [-0.2, -0.15) is 0 Å². The number of amides is 2. The van der Waals surface area contributed by atoms with Crippen molar-refractivity contribution in [3.63, 3.8) is 0 Å². The van der Waals surface area contributed by atoms with Crippen LogP contribution in [0.1, 0.15) is 36.5 Å². The first-order valence-corrected chi connectivity index (χ1v) is 11.5. The molecule has 2 aliphatic rings. The number of fused-ring (bicyclic) bond motifs is 1. The minimum atomic E-state index is -3.79. The lowest BCUT2D eigenvalue weighted by atomic mass is 10.1. The number of para-hydroxylation sites is 1. The average molecular weight is 413 g/mol. The van der Waals surface area contributed by atoms with Crippen molar-refractivity contribution in [3.05, 3.63) is 60.2 Å². The summed E-state index contributed by atoms with van der Waals surface area (Å²) in [4.78, 5) is 29.2. The number of likely N-dealkylation sites (tertiary alicyclic amines) is 1. The number of hydrogen-bond acceptors (Lipinski definition) is 4. The minimum Gasteiger partial charge on any atom is -0.341 e. The molecule has 152 valence electrons. The Balaban J connectivity index is 1.73. The normalized spacial score (nSPS) is 21.4. The number of hydrogen-bond donors (Lipinski definition) is 0. The van der Waals surface area contributed by atoms with Crippen molar-refractivity contribution in [2.75, 3.05) is 24.5 Å². The molecule has 0 aromatic heterocycles. The molecule has 0 bridgehead atoms. The van der Waals surface area contributed by atoms with E-state index in [0.717, 1.165) is 19.3 Å². The molecule has 0 N–H and O–H groups in total. The summed E-state index contributed by atoms with van der Waals surface area (Å²) in [6.45, 7) is 1.24. The molecule has 2 aromatic carbocycles. The highest BCUT2D eigenvalue weighted by Crippen LogP contribution is 2.40. The molecule has 0 unspecified atom stereocenters. The van der Waals surface area contributed by atoms with Gasteiger partial charge in [0.1, 0.15) is 6.54 Å². The van der Waals surface area contributed by atoms with E-state index in [1.165, 1.54) is 11.0 Å². The Hall–Kier alpha value is -2.67. The van der Waals surface area contributed by atoms with Gasteiger partial charge in [0.05, 0.1) is 15.8 Å².